The second-order valence-electron chi connectivity index (χ2n) is 7.79. The molecule has 1 N–H and O–H groups in total. The molecular formula is C21H23N5OS2. The van der Waals surface area contributed by atoms with Gasteiger partial charge in [-0.15, -0.1) is 22.7 Å². The number of aromatic nitrogens is 3. The van der Waals surface area contributed by atoms with Crippen LogP contribution >= 0.6 is 22.7 Å². The molecule has 1 aliphatic heterocycles. The van der Waals surface area contributed by atoms with E-state index >= 15 is 0 Å². The number of aryl methyl sites for hydroxylation is 2. The van der Waals surface area contributed by atoms with Crippen LogP contribution in [-0.4, -0.2) is 26.3 Å². The van der Waals surface area contributed by atoms with Crippen LogP contribution in [0.3, 0.4) is 0 Å². The highest BCUT2D eigenvalue weighted by Crippen LogP contribution is 2.39. The Kier molecular flexibility index (Phi) is 4.83. The van der Waals surface area contributed by atoms with Gasteiger partial charge in [0.25, 0.3) is 0 Å². The smallest absolute Gasteiger partial charge is 0.188 e. The molecule has 8 heteroatoms. The predicted molar refractivity (Wildman–Crippen MR) is 118 cm³/mol. The number of oxime groups is 1. The maximum Gasteiger partial charge on any atom is 0.188 e. The molecule has 3 aromatic heterocycles. The van der Waals surface area contributed by atoms with E-state index < -0.39 is 0 Å². The summed E-state index contributed by atoms with van der Waals surface area (Å²) in [6, 6.07) is 4.04. The molecule has 6 nitrogen and oxygen atoms in total. The first kappa shape index (κ1) is 18.7. The van der Waals surface area contributed by atoms with Crippen molar-refractivity contribution < 1.29 is 4.84 Å². The molecule has 0 saturated heterocycles. The van der Waals surface area contributed by atoms with Gasteiger partial charge in [0.15, 0.2) is 5.13 Å². The average Bonchev–Trinajstić information content (AvgIpc) is 3.43. The second kappa shape index (κ2) is 7.50. The molecule has 0 radical (unpaired) electrons. The first-order chi connectivity index (χ1) is 14.1. The van der Waals surface area contributed by atoms with Crippen molar-refractivity contribution in [3.8, 4) is 10.6 Å². The van der Waals surface area contributed by atoms with E-state index in [9.17, 15) is 0 Å². The minimum absolute atomic E-state index is 0.0606. The van der Waals surface area contributed by atoms with Gasteiger partial charge >= 0.3 is 0 Å². The number of nitrogens with one attached hydrogen (secondary N) is 1. The van der Waals surface area contributed by atoms with Gasteiger partial charge in [-0.05, 0) is 51.7 Å². The monoisotopic (exact) mass is 425 g/mol. The molecule has 0 bridgehead atoms. The molecule has 3 aromatic rings. The second-order valence-corrected chi connectivity index (χ2v) is 9.85. The first-order valence-electron chi connectivity index (χ1n) is 9.99. The lowest BCUT2D eigenvalue weighted by Crippen LogP contribution is -2.31. The van der Waals surface area contributed by atoms with Gasteiger partial charge in [-0.3, -0.25) is 0 Å². The summed E-state index contributed by atoms with van der Waals surface area (Å²) < 4.78 is 0. The van der Waals surface area contributed by atoms with Crippen molar-refractivity contribution in [1.82, 2.24) is 15.0 Å². The van der Waals surface area contributed by atoms with E-state index in [1.54, 1.807) is 22.7 Å². The Bertz CT molecular complexity index is 1050. The molecule has 1 saturated carbocycles. The number of nitrogens with zero attached hydrogens (tertiary/aromatic N) is 4. The molecule has 0 amide bonds. The van der Waals surface area contributed by atoms with Crippen molar-refractivity contribution in [2.24, 2.45) is 5.16 Å². The van der Waals surface area contributed by atoms with Crippen LogP contribution < -0.4 is 5.32 Å². The van der Waals surface area contributed by atoms with Gasteiger partial charge in [-0.1, -0.05) is 11.6 Å². The highest BCUT2D eigenvalue weighted by molar-refractivity contribution is 7.16. The average molecular weight is 426 g/mol. The number of anilines is 2. The van der Waals surface area contributed by atoms with Crippen LogP contribution in [0.4, 0.5) is 10.9 Å². The molecule has 1 fully saturated rings. The summed E-state index contributed by atoms with van der Waals surface area (Å²) in [6.07, 6.45) is 8.77. The van der Waals surface area contributed by atoms with Crippen molar-refractivity contribution in [3.05, 3.63) is 40.0 Å². The number of rotatable bonds is 4. The SMILES string of the molecule is Cc1nc(C)c(-c2csc(Nc3ccc(C4=NOC5(CCCCC5)C4)cn3)n2)s1. The topological polar surface area (TPSA) is 72.3 Å². The lowest BCUT2D eigenvalue weighted by Gasteiger charge is -2.30. The number of hydrogen-bond acceptors (Lipinski definition) is 8. The van der Waals surface area contributed by atoms with E-state index in [4.69, 9.17) is 9.82 Å². The molecule has 2 aliphatic rings. The zero-order valence-corrected chi connectivity index (χ0v) is 18.2. The summed E-state index contributed by atoms with van der Waals surface area (Å²) >= 11 is 3.25. The summed E-state index contributed by atoms with van der Waals surface area (Å²) in [5, 5.41) is 11.6. The van der Waals surface area contributed by atoms with Gasteiger partial charge in [0.2, 0.25) is 0 Å². The fourth-order valence-corrected chi connectivity index (χ4v) is 5.76. The van der Waals surface area contributed by atoms with Crippen molar-refractivity contribution in [2.45, 2.75) is 58.0 Å². The summed E-state index contributed by atoms with van der Waals surface area (Å²) in [5.41, 5.74) is 3.98. The molecule has 150 valence electrons. The summed E-state index contributed by atoms with van der Waals surface area (Å²) in [7, 11) is 0. The maximum absolute atomic E-state index is 5.86. The third kappa shape index (κ3) is 3.79. The number of thiazole rings is 2. The Morgan fingerprint density at radius 3 is 2.69 bits per heavy atom. The molecule has 4 heterocycles. The van der Waals surface area contributed by atoms with E-state index in [1.165, 1.54) is 19.3 Å². The highest BCUT2D eigenvalue weighted by Gasteiger charge is 2.40. The zero-order chi connectivity index (χ0) is 19.8. The van der Waals surface area contributed by atoms with Crippen molar-refractivity contribution in [3.63, 3.8) is 0 Å². The lowest BCUT2D eigenvalue weighted by atomic mass is 9.81. The van der Waals surface area contributed by atoms with Gasteiger partial charge in [-0.2, -0.15) is 0 Å². The maximum atomic E-state index is 5.86. The van der Waals surface area contributed by atoms with E-state index in [-0.39, 0.29) is 5.60 Å². The summed E-state index contributed by atoms with van der Waals surface area (Å²) in [4.78, 5) is 20.7. The third-order valence-corrected chi connectivity index (χ3v) is 7.43. The lowest BCUT2D eigenvalue weighted by molar-refractivity contribution is -0.0449. The molecule has 5 rings (SSSR count). The summed E-state index contributed by atoms with van der Waals surface area (Å²) in [6.45, 7) is 4.05. The van der Waals surface area contributed by atoms with Gasteiger partial charge in [0.05, 0.1) is 27.0 Å². The number of pyridine rings is 1. The minimum atomic E-state index is -0.0606. The van der Waals surface area contributed by atoms with E-state index in [0.717, 1.165) is 62.8 Å². The van der Waals surface area contributed by atoms with E-state index in [2.05, 4.69) is 31.9 Å². The predicted octanol–water partition coefficient (Wildman–Crippen LogP) is 5.85. The standard InChI is InChI=1S/C21H23N5OS2/c1-13-19(29-14(2)23-13)17-12-28-20(24-17)25-18-7-6-15(11-22-18)16-10-21(27-26-16)8-4-3-5-9-21/h6-7,11-12H,3-5,8-10H2,1-2H3,(H,22,24,25). The normalized spacial score (nSPS) is 17.9. The van der Waals surface area contributed by atoms with Crippen LogP contribution in [-0.2, 0) is 4.84 Å². The van der Waals surface area contributed by atoms with Crippen molar-refractivity contribution in [1.29, 1.82) is 0 Å². The van der Waals surface area contributed by atoms with Crippen molar-refractivity contribution in [2.75, 3.05) is 5.32 Å². The van der Waals surface area contributed by atoms with E-state index in [0.29, 0.717) is 0 Å². The molecule has 1 aliphatic carbocycles. The Labute approximate surface area is 178 Å². The van der Waals surface area contributed by atoms with Gasteiger partial charge in [0, 0.05) is 23.6 Å². The Balaban J connectivity index is 1.26. The molecule has 0 aromatic carbocycles. The van der Waals surface area contributed by atoms with Crippen LogP contribution in [0.25, 0.3) is 10.6 Å². The van der Waals surface area contributed by atoms with Crippen LogP contribution in [0.15, 0.2) is 28.9 Å². The molecule has 0 atom stereocenters. The highest BCUT2D eigenvalue weighted by atomic mass is 32.1. The van der Waals surface area contributed by atoms with Gasteiger partial charge < -0.3 is 10.2 Å². The van der Waals surface area contributed by atoms with Crippen molar-refractivity contribution >= 4 is 39.3 Å². The molecular weight excluding hydrogens is 402 g/mol. The molecule has 1 spiro atoms. The van der Waals surface area contributed by atoms with Crippen LogP contribution in [0.2, 0.25) is 0 Å². The zero-order valence-electron chi connectivity index (χ0n) is 16.6. The van der Waals surface area contributed by atoms with Crippen LogP contribution in [0.1, 0.15) is 54.8 Å². The number of hydrogen-bond donors (Lipinski definition) is 1. The fourth-order valence-electron chi connectivity index (χ4n) is 4.09. The Morgan fingerprint density at radius 1 is 1.10 bits per heavy atom. The van der Waals surface area contributed by atoms with Gasteiger partial charge in [-0.25, -0.2) is 15.0 Å². The first-order valence-corrected chi connectivity index (χ1v) is 11.7. The fraction of sp³-hybridized carbons (Fsp3) is 0.429. The Morgan fingerprint density at radius 2 is 1.97 bits per heavy atom. The largest absolute Gasteiger partial charge is 0.389 e. The molecule has 29 heavy (non-hydrogen) atoms. The summed E-state index contributed by atoms with van der Waals surface area (Å²) in [5.74, 6) is 0.777. The Hall–Kier alpha value is -2.32. The molecule has 0 unspecified atom stereocenters. The van der Waals surface area contributed by atoms with E-state index in [1.807, 2.05) is 26.1 Å². The van der Waals surface area contributed by atoms with Gasteiger partial charge in [0.1, 0.15) is 11.4 Å². The van der Waals surface area contributed by atoms with Crippen LogP contribution in [0.5, 0.6) is 0 Å². The quantitative estimate of drug-likeness (QED) is 0.568. The third-order valence-electron chi connectivity index (χ3n) is 5.58. The van der Waals surface area contributed by atoms with Crippen LogP contribution in [0, 0.1) is 13.8 Å². The minimum Gasteiger partial charge on any atom is -0.389 e.